The van der Waals surface area contributed by atoms with Crippen molar-refractivity contribution in [1.82, 2.24) is 0 Å². The summed E-state index contributed by atoms with van der Waals surface area (Å²) in [5.74, 6) is 0. The van der Waals surface area contributed by atoms with E-state index in [1.165, 1.54) is 11.1 Å². The van der Waals surface area contributed by atoms with E-state index in [1.54, 1.807) is 0 Å². The number of halogens is 1. The monoisotopic (exact) mass is 255 g/mol. The molecule has 0 bridgehead atoms. The van der Waals surface area contributed by atoms with E-state index in [-0.39, 0.29) is 12.1 Å². The molecule has 0 radical (unpaired) electrons. The van der Waals surface area contributed by atoms with Gasteiger partial charge in [0.25, 0.3) is 0 Å². The number of hydrogen-bond acceptors (Lipinski definition) is 3. The lowest BCUT2D eigenvalue weighted by atomic mass is 9.98. The zero-order chi connectivity index (χ0) is 12.4. The lowest BCUT2D eigenvalue weighted by molar-refractivity contribution is -0.0975. The highest BCUT2D eigenvalue weighted by atomic mass is 35.5. The average Bonchev–Trinajstić information content (AvgIpc) is 2.34. The topological polar surface area (TPSA) is 44.5 Å². The number of nitrogens with two attached hydrogens (primary N) is 1. The molecular weight excluding hydrogens is 238 g/mol. The molecule has 1 aliphatic rings. The van der Waals surface area contributed by atoms with Crippen LogP contribution in [0.25, 0.3) is 0 Å². The molecule has 3 nitrogen and oxygen atoms in total. The normalized spacial score (nSPS) is 22.5. The van der Waals surface area contributed by atoms with Crippen molar-refractivity contribution in [2.45, 2.75) is 26.0 Å². The molecule has 0 spiro atoms. The molecule has 2 atom stereocenters. The molecule has 0 aliphatic carbocycles. The molecule has 1 aliphatic heterocycles. The lowest BCUT2D eigenvalue weighted by Crippen LogP contribution is -2.38. The second kappa shape index (κ2) is 5.36. The first kappa shape index (κ1) is 12.8. The van der Waals surface area contributed by atoms with Crippen LogP contribution in [-0.2, 0) is 9.47 Å². The first-order valence-electron chi connectivity index (χ1n) is 5.81. The van der Waals surface area contributed by atoms with Crippen LogP contribution >= 0.6 is 11.6 Å². The summed E-state index contributed by atoms with van der Waals surface area (Å²) in [6.07, 6.45) is -0.108. The average molecular weight is 256 g/mol. The van der Waals surface area contributed by atoms with Gasteiger partial charge in [-0.1, -0.05) is 17.7 Å². The van der Waals surface area contributed by atoms with Crippen molar-refractivity contribution in [1.29, 1.82) is 0 Å². The van der Waals surface area contributed by atoms with Crippen molar-refractivity contribution in [2.24, 2.45) is 5.73 Å². The minimum atomic E-state index is -0.234. The van der Waals surface area contributed by atoms with Crippen molar-refractivity contribution in [3.63, 3.8) is 0 Å². The highest BCUT2D eigenvalue weighted by Crippen LogP contribution is 2.28. The Bertz CT molecular complexity index is 403. The summed E-state index contributed by atoms with van der Waals surface area (Å²) in [5, 5.41) is 0.703. The van der Waals surface area contributed by atoms with Gasteiger partial charge in [0.05, 0.1) is 25.9 Å². The highest BCUT2D eigenvalue weighted by Gasteiger charge is 2.25. The van der Waals surface area contributed by atoms with Gasteiger partial charge in [0.15, 0.2) is 0 Å². The molecule has 1 aromatic carbocycles. The van der Waals surface area contributed by atoms with Gasteiger partial charge in [-0.2, -0.15) is 0 Å². The fourth-order valence-corrected chi connectivity index (χ4v) is 2.32. The Labute approximate surface area is 107 Å². The summed E-state index contributed by atoms with van der Waals surface area (Å²) >= 11 is 6.24. The van der Waals surface area contributed by atoms with E-state index >= 15 is 0 Å². The maximum atomic E-state index is 6.24. The Balaban J connectivity index is 2.23. The minimum Gasteiger partial charge on any atom is -0.376 e. The maximum Gasteiger partial charge on any atom is 0.100 e. The van der Waals surface area contributed by atoms with Gasteiger partial charge in [-0.25, -0.2) is 0 Å². The van der Waals surface area contributed by atoms with E-state index in [1.807, 2.05) is 19.1 Å². The van der Waals surface area contributed by atoms with Gasteiger partial charge in [-0.3, -0.25) is 0 Å². The first-order valence-corrected chi connectivity index (χ1v) is 6.19. The van der Waals surface area contributed by atoms with Crippen LogP contribution in [0.5, 0.6) is 0 Å². The molecule has 2 rings (SSSR count). The van der Waals surface area contributed by atoms with Gasteiger partial charge in [-0.15, -0.1) is 0 Å². The number of aryl methyl sites for hydroxylation is 2. The summed E-state index contributed by atoms with van der Waals surface area (Å²) in [6.45, 7) is 5.87. The first-order chi connectivity index (χ1) is 8.09. The van der Waals surface area contributed by atoms with Crippen molar-refractivity contribution in [3.8, 4) is 0 Å². The molecule has 1 heterocycles. The fourth-order valence-electron chi connectivity index (χ4n) is 1.97. The van der Waals surface area contributed by atoms with Crippen molar-refractivity contribution in [3.05, 3.63) is 33.8 Å². The molecule has 1 saturated heterocycles. The zero-order valence-corrected chi connectivity index (χ0v) is 11.0. The second-order valence-corrected chi connectivity index (χ2v) is 4.88. The van der Waals surface area contributed by atoms with Crippen LogP contribution in [0.2, 0.25) is 5.02 Å². The van der Waals surface area contributed by atoms with Crippen molar-refractivity contribution >= 4 is 11.6 Å². The van der Waals surface area contributed by atoms with Crippen LogP contribution in [0.1, 0.15) is 22.7 Å². The molecule has 2 unspecified atom stereocenters. The second-order valence-electron chi connectivity index (χ2n) is 4.47. The molecule has 0 aromatic heterocycles. The molecule has 17 heavy (non-hydrogen) atoms. The van der Waals surface area contributed by atoms with Gasteiger partial charge in [0.1, 0.15) is 6.10 Å². The summed E-state index contributed by atoms with van der Waals surface area (Å²) in [7, 11) is 0. The van der Waals surface area contributed by atoms with Gasteiger partial charge >= 0.3 is 0 Å². The number of benzene rings is 1. The Hall–Kier alpha value is -0.610. The zero-order valence-electron chi connectivity index (χ0n) is 10.2. The van der Waals surface area contributed by atoms with Crippen LogP contribution in [0.15, 0.2) is 12.1 Å². The van der Waals surface area contributed by atoms with Crippen LogP contribution in [-0.4, -0.2) is 25.9 Å². The third-order valence-corrected chi connectivity index (χ3v) is 3.54. The van der Waals surface area contributed by atoms with Gasteiger partial charge in [0, 0.05) is 5.02 Å². The van der Waals surface area contributed by atoms with E-state index in [0.717, 1.165) is 5.56 Å². The Morgan fingerprint density at radius 1 is 1.29 bits per heavy atom. The highest BCUT2D eigenvalue weighted by molar-refractivity contribution is 6.31. The third-order valence-electron chi connectivity index (χ3n) is 3.21. The smallest absolute Gasteiger partial charge is 0.100 e. The SMILES string of the molecule is Cc1cc(Cl)c(C(N)C2COCCO2)cc1C. The van der Waals surface area contributed by atoms with Gasteiger partial charge in [-0.05, 0) is 36.6 Å². The molecular formula is C13H18ClNO2. The molecule has 94 valence electrons. The van der Waals surface area contributed by atoms with E-state index in [0.29, 0.717) is 24.8 Å². The Kier molecular flexibility index (Phi) is 4.05. The van der Waals surface area contributed by atoms with Crippen LogP contribution in [0.4, 0.5) is 0 Å². The maximum absolute atomic E-state index is 6.24. The minimum absolute atomic E-state index is 0.108. The van der Waals surface area contributed by atoms with Crippen LogP contribution < -0.4 is 5.73 Å². The molecule has 1 fully saturated rings. The van der Waals surface area contributed by atoms with E-state index < -0.39 is 0 Å². The lowest BCUT2D eigenvalue weighted by Gasteiger charge is -2.29. The summed E-state index contributed by atoms with van der Waals surface area (Å²) in [6, 6.07) is 3.76. The number of hydrogen-bond donors (Lipinski definition) is 1. The van der Waals surface area contributed by atoms with Crippen LogP contribution in [0, 0.1) is 13.8 Å². The van der Waals surface area contributed by atoms with E-state index in [9.17, 15) is 0 Å². The predicted molar refractivity (Wildman–Crippen MR) is 68.4 cm³/mol. The van der Waals surface area contributed by atoms with E-state index in [4.69, 9.17) is 26.8 Å². The summed E-state index contributed by atoms with van der Waals surface area (Å²) in [5.41, 5.74) is 9.50. The molecule has 0 saturated carbocycles. The molecule has 2 N–H and O–H groups in total. The van der Waals surface area contributed by atoms with Gasteiger partial charge < -0.3 is 15.2 Å². The van der Waals surface area contributed by atoms with Crippen LogP contribution in [0.3, 0.4) is 0 Å². The van der Waals surface area contributed by atoms with Gasteiger partial charge in [0.2, 0.25) is 0 Å². The molecule has 0 amide bonds. The number of rotatable bonds is 2. The quantitative estimate of drug-likeness (QED) is 0.883. The van der Waals surface area contributed by atoms with E-state index in [2.05, 4.69) is 6.92 Å². The summed E-state index contributed by atoms with van der Waals surface area (Å²) < 4.78 is 11.0. The standard InChI is InChI=1S/C13H18ClNO2/c1-8-5-10(11(14)6-9(8)2)13(15)12-7-16-3-4-17-12/h5-6,12-13H,3-4,7,15H2,1-2H3. The fraction of sp³-hybridized carbons (Fsp3) is 0.538. The van der Waals surface area contributed by atoms with Crippen molar-refractivity contribution in [2.75, 3.05) is 19.8 Å². The Morgan fingerprint density at radius 2 is 2.00 bits per heavy atom. The van der Waals surface area contributed by atoms with Crippen molar-refractivity contribution < 1.29 is 9.47 Å². The largest absolute Gasteiger partial charge is 0.376 e. The summed E-state index contributed by atoms with van der Waals surface area (Å²) in [4.78, 5) is 0. The number of ether oxygens (including phenoxy) is 2. The third kappa shape index (κ3) is 2.80. The predicted octanol–water partition coefficient (Wildman–Crippen LogP) is 2.37. The molecule has 1 aromatic rings. The Morgan fingerprint density at radius 3 is 2.65 bits per heavy atom. The molecule has 4 heteroatoms.